The number of hydrogen-bond donors (Lipinski definition) is 4. The Morgan fingerprint density at radius 1 is 1.10 bits per heavy atom. The van der Waals surface area contributed by atoms with Crippen LogP contribution in [0, 0.1) is 10.1 Å². The van der Waals surface area contributed by atoms with Gasteiger partial charge in [-0.2, -0.15) is 20.6 Å². The van der Waals surface area contributed by atoms with Crippen molar-refractivity contribution in [2.45, 2.75) is 0 Å². The molecule has 4 N–H and O–H groups in total. The van der Waals surface area contributed by atoms with Gasteiger partial charge in [0.25, 0.3) is 11.9 Å². The first kappa shape index (κ1) is 11.4. The van der Waals surface area contributed by atoms with Gasteiger partial charge in [-0.3, -0.25) is 5.32 Å². The zero-order valence-electron chi connectivity index (χ0n) is 9.29. The SMILES string of the molecule is O=[n+]1nc(Nc2nn[nH]n2)n([O-])nc1Nc1nn[nH]n1. The fourth-order valence-corrected chi connectivity index (χ4v) is 1.12. The molecule has 0 fully saturated rings. The minimum Gasteiger partial charge on any atom is -0.776 e. The summed E-state index contributed by atoms with van der Waals surface area (Å²) in [6, 6.07) is 0. The molecule has 3 heterocycles. The highest BCUT2D eigenvalue weighted by Crippen LogP contribution is 2.06. The van der Waals surface area contributed by atoms with Crippen LogP contribution in [0.5, 0.6) is 0 Å². The zero-order valence-corrected chi connectivity index (χ0v) is 9.29. The Labute approximate surface area is 106 Å². The molecule has 0 aliphatic rings. The predicted octanol–water partition coefficient (Wildman–Crippen LogP) is -2.95. The summed E-state index contributed by atoms with van der Waals surface area (Å²) < 4.78 is 0.0488. The van der Waals surface area contributed by atoms with Crippen LogP contribution in [0.2, 0.25) is 0 Å². The van der Waals surface area contributed by atoms with E-state index in [1.807, 2.05) is 0 Å². The van der Waals surface area contributed by atoms with E-state index < -0.39 is 11.9 Å². The van der Waals surface area contributed by atoms with Crippen LogP contribution in [0.15, 0.2) is 0 Å². The van der Waals surface area contributed by atoms with E-state index in [1.165, 1.54) is 0 Å². The van der Waals surface area contributed by atoms with Gasteiger partial charge in [-0.25, -0.2) is 0 Å². The van der Waals surface area contributed by atoms with Gasteiger partial charge in [-0.1, -0.05) is 15.1 Å². The molecule has 3 rings (SSSR count). The molecule has 3 aromatic heterocycles. The van der Waals surface area contributed by atoms with Gasteiger partial charge >= 0.3 is 11.9 Å². The van der Waals surface area contributed by atoms with Crippen LogP contribution in [-0.4, -0.2) is 56.3 Å². The van der Waals surface area contributed by atoms with Gasteiger partial charge in [-0.15, -0.1) is 10.2 Å². The maximum absolute atomic E-state index is 11.6. The van der Waals surface area contributed by atoms with Crippen molar-refractivity contribution in [2.24, 2.45) is 0 Å². The van der Waals surface area contributed by atoms with Gasteiger partial charge in [0.15, 0.2) is 0 Å². The van der Waals surface area contributed by atoms with E-state index >= 15 is 0 Å². The maximum Gasteiger partial charge on any atom is 0.482 e. The van der Waals surface area contributed by atoms with Gasteiger partial charge in [0.05, 0.1) is 0 Å². The predicted molar refractivity (Wildman–Crippen MR) is 57.1 cm³/mol. The molecular weight excluding hydrogens is 276 g/mol. The highest BCUT2D eigenvalue weighted by Gasteiger charge is 2.18. The second kappa shape index (κ2) is 4.51. The van der Waals surface area contributed by atoms with E-state index in [9.17, 15) is 10.1 Å². The van der Waals surface area contributed by atoms with Gasteiger partial charge in [0.1, 0.15) is 4.54 Å². The van der Waals surface area contributed by atoms with E-state index in [4.69, 9.17) is 0 Å². The van der Waals surface area contributed by atoms with E-state index in [0.29, 0.717) is 0 Å². The first-order valence-electron chi connectivity index (χ1n) is 4.85. The fraction of sp³-hybridized carbons (Fsp3) is 0. The van der Waals surface area contributed by atoms with Crippen molar-refractivity contribution in [1.82, 2.24) is 56.3 Å². The summed E-state index contributed by atoms with van der Waals surface area (Å²) in [5, 5.41) is 48.0. The molecule has 0 aliphatic carbocycles. The van der Waals surface area contributed by atoms with Crippen molar-refractivity contribution in [1.29, 1.82) is 0 Å². The van der Waals surface area contributed by atoms with Gasteiger partial charge in [-0.05, 0) is 15.5 Å². The third-order valence-electron chi connectivity index (χ3n) is 1.87. The van der Waals surface area contributed by atoms with E-state index in [2.05, 4.69) is 62.1 Å². The number of nitrogens with one attached hydrogen (secondary N) is 4. The maximum atomic E-state index is 11.6. The number of hydrogen-bond acceptors (Lipinski definition) is 12. The molecule has 0 unspecified atom stereocenters. The van der Waals surface area contributed by atoms with Crippen LogP contribution in [-0.2, 0) is 0 Å². The summed E-state index contributed by atoms with van der Waals surface area (Å²) in [6.45, 7) is 0. The number of H-pyrrole nitrogens is 2. The van der Waals surface area contributed by atoms with E-state index in [0.717, 1.165) is 0 Å². The highest BCUT2D eigenvalue weighted by atomic mass is 16.5. The summed E-state index contributed by atoms with van der Waals surface area (Å²) in [5.74, 6) is -0.995. The molecule has 16 nitrogen and oxygen atoms in total. The molecule has 0 saturated heterocycles. The molecule has 0 amide bonds. The lowest BCUT2D eigenvalue weighted by atomic mass is 10.9. The lowest BCUT2D eigenvalue weighted by Crippen LogP contribution is -2.30. The molecule has 0 spiro atoms. The number of tetrazole rings is 2. The van der Waals surface area contributed by atoms with Crippen molar-refractivity contribution >= 4 is 23.8 Å². The second-order valence-electron chi connectivity index (χ2n) is 3.11. The van der Waals surface area contributed by atoms with Gasteiger partial charge in [0, 0.05) is 5.10 Å². The minimum atomic E-state index is -0.444. The zero-order chi connectivity index (χ0) is 13.9. The first-order chi connectivity index (χ1) is 9.72. The first-order valence-corrected chi connectivity index (χ1v) is 4.85. The number of aromatic amines is 2. The Morgan fingerprint density at radius 3 is 2.35 bits per heavy atom. The summed E-state index contributed by atoms with van der Waals surface area (Å²) in [5.41, 5.74) is 0. The molecule has 3 aromatic rings. The number of rotatable bonds is 4. The molecule has 0 saturated carbocycles. The molecule has 0 atom stereocenters. The third kappa shape index (κ3) is 2.14. The van der Waals surface area contributed by atoms with Crippen LogP contribution in [0.25, 0.3) is 0 Å². The van der Waals surface area contributed by atoms with Crippen LogP contribution in [0.3, 0.4) is 0 Å². The number of nitrogens with zero attached hydrogens (tertiary/aromatic N) is 10. The number of aromatic nitrogens is 12. The lowest BCUT2D eigenvalue weighted by molar-refractivity contribution is -0.552. The van der Waals surface area contributed by atoms with Crippen LogP contribution in [0.1, 0.15) is 0 Å². The number of anilines is 4. The normalized spacial score (nSPS) is 10.4. The van der Waals surface area contributed by atoms with Gasteiger partial charge < -0.3 is 5.21 Å². The Morgan fingerprint density at radius 2 is 1.75 bits per heavy atom. The van der Waals surface area contributed by atoms with E-state index in [1.54, 1.807) is 0 Å². The summed E-state index contributed by atoms with van der Waals surface area (Å²) in [4.78, 5) is 11.6. The van der Waals surface area contributed by atoms with Crippen molar-refractivity contribution in [3.63, 3.8) is 0 Å². The molecule has 0 bridgehead atoms. The van der Waals surface area contributed by atoms with Crippen molar-refractivity contribution < 1.29 is 4.54 Å². The Bertz CT molecular complexity index is 742. The summed E-state index contributed by atoms with van der Waals surface area (Å²) >= 11 is 0. The standard InChI is InChI=1S/C4H4N14O2/c19-17-3(5-1-7-13-14-8-1)11-18(20)4(12-17)6-2-9-15-16-10-2/h(H4-,5,6,7,8,9,10,11,12,13,14,15,16,19,20). The average molecular weight is 280 g/mol. The molecule has 16 heteroatoms. The highest BCUT2D eigenvalue weighted by molar-refractivity contribution is 5.41. The topological polar surface area (TPSA) is 210 Å². The Balaban J connectivity index is 1.88. The molecule has 102 valence electrons. The van der Waals surface area contributed by atoms with Crippen LogP contribution in [0.4, 0.5) is 23.8 Å². The minimum absolute atomic E-state index is 0.0488. The van der Waals surface area contributed by atoms with E-state index in [-0.39, 0.29) is 21.3 Å². The molecule has 0 radical (unpaired) electrons. The monoisotopic (exact) mass is 280 g/mol. The quantitative estimate of drug-likeness (QED) is 0.353. The largest absolute Gasteiger partial charge is 0.776 e. The van der Waals surface area contributed by atoms with Crippen molar-refractivity contribution in [2.75, 3.05) is 10.6 Å². The van der Waals surface area contributed by atoms with Crippen molar-refractivity contribution in [3.05, 3.63) is 10.1 Å². The molecular formula is C4H4N14O2. The molecule has 0 aromatic carbocycles. The third-order valence-corrected chi connectivity index (χ3v) is 1.87. The van der Waals surface area contributed by atoms with Crippen molar-refractivity contribution in [3.8, 4) is 0 Å². The van der Waals surface area contributed by atoms with Gasteiger partial charge in [0.2, 0.25) is 0 Å². The Hall–Kier alpha value is -3.72. The fourth-order valence-electron chi connectivity index (χ4n) is 1.12. The second-order valence-corrected chi connectivity index (χ2v) is 3.11. The molecule has 20 heavy (non-hydrogen) atoms. The van der Waals surface area contributed by atoms with Crippen LogP contribution < -0.4 is 15.2 Å². The smallest absolute Gasteiger partial charge is 0.482 e. The van der Waals surface area contributed by atoms with Crippen LogP contribution >= 0.6 is 0 Å². The average Bonchev–Trinajstić information content (AvgIpc) is 3.08. The molecule has 0 aliphatic heterocycles. The summed E-state index contributed by atoms with van der Waals surface area (Å²) in [7, 11) is 0. The lowest BCUT2D eigenvalue weighted by Gasteiger charge is -2.07. The summed E-state index contributed by atoms with van der Waals surface area (Å²) in [6.07, 6.45) is 0. The Kier molecular flexibility index (Phi) is 2.57.